The first kappa shape index (κ1) is 11.0. The van der Waals surface area contributed by atoms with Gasteiger partial charge in [-0.3, -0.25) is 0 Å². The molecule has 0 spiro atoms. The fraction of sp³-hybridized carbons (Fsp3) is 0.0769. The Morgan fingerprint density at radius 3 is 2.89 bits per heavy atom. The van der Waals surface area contributed by atoms with Crippen molar-refractivity contribution < 1.29 is 9.90 Å². The molecular formula is C13H9ClN2O2. The van der Waals surface area contributed by atoms with Crippen molar-refractivity contribution in [3.63, 3.8) is 0 Å². The van der Waals surface area contributed by atoms with E-state index in [1.807, 2.05) is 12.1 Å². The van der Waals surface area contributed by atoms with Crippen molar-refractivity contribution in [3.05, 3.63) is 40.7 Å². The van der Waals surface area contributed by atoms with Gasteiger partial charge in [-0.25, -0.2) is 9.78 Å². The van der Waals surface area contributed by atoms with Crippen LogP contribution in [0.4, 0.5) is 0 Å². The molecule has 0 aliphatic heterocycles. The predicted octanol–water partition coefficient (Wildman–Crippen LogP) is 3.38. The first-order chi connectivity index (χ1) is 8.58. The quantitative estimate of drug-likeness (QED) is 0.705. The molecule has 0 aliphatic carbocycles. The summed E-state index contributed by atoms with van der Waals surface area (Å²) in [6.45, 7) is 1.76. The number of pyridine rings is 1. The van der Waals surface area contributed by atoms with Crippen LogP contribution in [0.5, 0.6) is 0 Å². The average Bonchev–Trinajstić information content (AvgIpc) is 2.67. The van der Waals surface area contributed by atoms with Crippen molar-refractivity contribution in [3.8, 4) is 0 Å². The summed E-state index contributed by atoms with van der Waals surface area (Å²) < 4.78 is 0. The van der Waals surface area contributed by atoms with Crippen molar-refractivity contribution in [1.29, 1.82) is 0 Å². The molecule has 0 unspecified atom stereocenters. The number of rotatable bonds is 1. The highest BCUT2D eigenvalue weighted by atomic mass is 35.5. The molecule has 0 atom stereocenters. The van der Waals surface area contributed by atoms with E-state index in [1.54, 1.807) is 19.2 Å². The van der Waals surface area contributed by atoms with Crippen LogP contribution in [-0.2, 0) is 0 Å². The SMILES string of the molecule is Cc1c(C(=O)O)ncc2[nH]c3ccc(Cl)cc3c12. The number of fused-ring (bicyclic) bond motifs is 3. The molecule has 4 nitrogen and oxygen atoms in total. The molecule has 0 saturated carbocycles. The van der Waals surface area contributed by atoms with Gasteiger partial charge in [-0.1, -0.05) is 11.6 Å². The normalized spacial score (nSPS) is 11.2. The number of halogens is 1. The summed E-state index contributed by atoms with van der Waals surface area (Å²) >= 11 is 5.98. The Kier molecular flexibility index (Phi) is 2.28. The molecule has 2 N–H and O–H groups in total. The van der Waals surface area contributed by atoms with Crippen LogP contribution in [0.3, 0.4) is 0 Å². The van der Waals surface area contributed by atoms with Crippen molar-refractivity contribution in [2.45, 2.75) is 6.92 Å². The summed E-state index contributed by atoms with van der Waals surface area (Å²) in [5, 5.41) is 11.5. The average molecular weight is 261 g/mol. The maximum Gasteiger partial charge on any atom is 0.354 e. The van der Waals surface area contributed by atoms with Gasteiger partial charge in [0.25, 0.3) is 0 Å². The van der Waals surface area contributed by atoms with Gasteiger partial charge >= 0.3 is 5.97 Å². The summed E-state index contributed by atoms with van der Waals surface area (Å²) in [6.07, 6.45) is 1.54. The highest BCUT2D eigenvalue weighted by molar-refractivity contribution is 6.32. The third-order valence-electron chi connectivity index (χ3n) is 3.05. The molecule has 1 aromatic carbocycles. The van der Waals surface area contributed by atoms with Crippen molar-refractivity contribution in [2.24, 2.45) is 0 Å². The number of aryl methyl sites for hydroxylation is 1. The third kappa shape index (κ3) is 1.46. The van der Waals surface area contributed by atoms with Gasteiger partial charge in [-0.2, -0.15) is 0 Å². The Morgan fingerprint density at radius 2 is 2.17 bits per heavy atom. The zero-order valence-electron chi connectivity index (χ0n) is 9.49. The van der Waals surface area contributed by atoms with Crippen molar-refractivity contribution in [1.82, 2.24) is 9.97 Å². The third-order valence-corrected chi connectivity index (χ3v) is 3.28. The Labute approximate surface area is 107 Å². The predicted molar refractivity (Wildman–Crippen MR) is 70.3 cm³/mol. The molecule has 18 heavy (non-hydrogen) atoms. The number of benzene rings is 1. The number of aromatic nitrogens is 2. The lowest BCUT2D eigenvalue weighted by Gasteiger charge is -2.01. The fourth-order valence-corrected chi connectivity index (χ4v) is 2.42. The van der Waals surface area contributed by atoms with Gasteiger partial charge in [0.15, 0.2) is 5.69 Å². The Balaban J connectivity index is 2.52. The van der Waals surface area contributed by atoms with Crippen LogP contribution in [0.25, 0.3) is 21.8 Å². The second-order valence-electron chi connectivity index (χ2n) is 4.14. The summed E-state index contributed by atoms with van der Waals surface area (Å²) in [4.78, 5) is 18.2. The summed E-state index contributed by atoms with van der Waals surface area (Å²) in [6, 6.07) is 5.49. The summed E-state index contributed by atoms with van der Waals surface area (Å²) in [5.74, 6) is -1.02. The van der Waals surface area contributed by atoms with E-state index in [-0.39, 0.29) is 5.69 Å². The zero-order chi connectivity index (χ0) is 12.9. The summed E-state index contributed by atoms with van der Waals surface area (Å²) in [5.41, 5.74) is 2.45. The number of hydrogen-bond acceptors (Lipinski definition) is 2. The van der Waals surface area contributed by atoms with Crippen molar-refractivity contribution in [2.75, 3.05) is 0 Å². The van der Waals surface area contributed by atoms with Gasteiger partial charge in [-0.15, -0.1) is 0 Å². The number of nitrogens with zero attached hydrogens (tertiary/aromatic N) is 1. The highest BCUT2D eigenvalue weighted by Gasteiger charge is 2.15. The first-order valence-corrected chi connectivity index (χ1v) is 5.75. The number of carboxylic acids is 1. The van der Waals surface area contributed by atoms with E-state index in [1.165, 1.54) is 0 Å². The second-order valence-corrected chi connectivity index (χ2v) is 4.58. The lowest BCUT2D eigenvalue weighted by Crippen LogP contribution is -2.03. The molecular weight excluding hydrogens is 252 g/mol. The smallest absolute Gasteiger partial charge is 0.354 e. The molecule has 0 amide bonds. The molecule has 5 heteroatoms. The number of hydrogen-bond donors (Lipinski definition) is 2. The number of nitrogens with one attached hydrogen (secondary N) is 1. The lowest BCUT2D eigenvalue weighted by molar-refractivity contribution is 0.0690. The van der Waals surface area contributed by atoms with Crippen LogP contribution in [0.2, 0.25) is 5.02 Å². The van der Waals surface area contributed by atoms with Gasteiger partial charge in [0.1, 0.15) is 0 Å². The van der Waals surface area contributed by atoms with E-state index >= 15 is 0 Å². The van der Waals surface area contributed by atoms with Crippen LogP contribution in [0.15, 0.2) is 24.4 Å². The number of carboxylic acid groups (broad SMARTS) is 1. The van der Waals surface area contributed by atoms with Crippen LogP contribution in [0.1, 0.15) is 16.1 Å². The number of carbonyl (C=O) groups is 1. The summed E-state index contributed by atoms with van der Waals surface area (Å²) in [7, 11) is 0. The maximum atomic E-state index is 11.1. The maximum absolute atomic E-state index is 11.1. The Bertz CT molecular complexity index is 792. The molecule has 0 radical (unpaired) electrons. The molecule has 2 aromatic heterocycles. The Morgan fingerprint density at radius 1 is 1.39 bits per heavy atom. The van der Waals surface area contributed by atoms with Gasteiger partial charge in [-0.05, 0) is 30.7 Å². The molecule has 0 bridgehead atoms. The number of H-pyrrole nitrogens is 1. The van der Waals surface area contributed by atoms with Gasteiger partial charge < -0.3 is 10.1 Å². The monoisotopic (exact) mass is 260 g/mol. The van der Waals surface area contributed by atoms with Crippen LogP contribution < -0.4 is 0 Å². The Hall–Kier alpha value is -2.07. The molecule has 0 aliphatic rings. The minimum Gasteiger partial charge on any atom is -0.477 e. The lowest BCUT2D eigenvalue weighted by atomic mass is 10.1. The van der Waals surface area contributed by atoms with Crippen LogP contribution in [0, 0.1) is 6.92 Å². The zero-order valence-corrected chi connectivity index (χ0v) is 10.2. The molecule has 2 heterocycles. The highest BCUT2D eigenvalue weighted by Crippen LogP contribution is 2.30. The molecule has 0 saturated heterocycles. The minimum absolute atomic E-state index is 0.0726. The van der Waals surface area contributed by atoms with E-state index in [4.69, 9.17) is 16.7 Å². The van der Waals surface area contributed by atoms with Gasteiger partial charge in [0.05, 0.1) is 11.7 Å². The number of aromatic amines is 1. The fourth-order valence-electron chi connectivity index (χ4n) is 2.25. The molecule has 3 rings (SSSR count). The molecule has 3 aromatic rings. The van der Waals surface area contributed by atoms with E-state index in [2.05, 4.69) is 9.97 Å². The van der Waals surface area contributed by atoms with Crippen LogP contribution in [-0.4, -0.2) is 21.0 Å². The van der Waals surface area contributed by atoms with Crippen molar-refractivity contribution >= 4 is 39.4 Å². The van der Waals surface area contributed by atoms with E-state index in [0.29, 0.717) is 10.6 Å². The van der Waals surface area contributed by atoms with Crippen LogP contribution >= 0.6 is 11.6 Å². The minimum atomic E-state index is -1.02. The van der Waals surface area contributed by atoms with E-state index in [0.717, 1.165) is 21.8 Å². The largest absolute Gasteiger partial charge is 0.477 e. The second kappa shape index (κ2) is 3.71. The number of aromatic carboxylic acids is 1. The standard InChI is InChI=1S/C13H9ClN2O2/c1-6-11-8-4-7(14)2-3-9(8)16-10(11)5-15-12(6)13(17)18/h2-5,16H,1H3,(H,17,18). The van der Waals surface area contributed by atoms with E-state index in [9.17, 15) is 4.79 Å². The topological polar surface area (TPSA) is 66.0 Å². The van der Waals surface area contributed by atoms with E-state index < -0.39 is 5.97 Å². The van der Waals surface area contributed by atoms with Gasteiger partial charge in [0.2, 0.25) is 0 Å². The first-order valence-electron chi connectivity index (χ1n) is 5.38. The molecule has 90 valence electrons. The molecule has 0 fully saturated rings. The van der Waals surface area contributed by atoms with Gasteiger partial charge in [0, 0.05) is 21.3 Å².